The average Bonchev–Trinajstić information content (AvgIpc) is 2.41. The lowest BCUT2D eigenvalue weighted by molar-refractivity contribution is -0.141. The van der Waals surface area contributed by atoms with Gasteiger partial charge in [-0.15, -0.1) is 0 Å². The fraction of sp³-hybridized carbons (Fsp3) is 0.375. The van der Waals surface area contributed by atoms with E-state index in [0.29, 0.717) is 6.54 Å². The molecule has 3 rings (SSSR count). The minimum Gasteiger partial charge on any atom is -0.481 e. The van der Waals surface area contributed by atoms with Crippen molar-refractivity contribution >= 4 is 22.7 Å². The summed E-state index contributed by atoms with van der Waals surface area (Å²) in [7, 11) is 0. The van der Waals surface area contributed by atoms with Gasteiger partial charge in [0.2, 0.25) is 0 Å². The molecule has 1 aromatic heterocycles. The maximum atomic E-state index is 11.0. The van der Waals surface area contributed by atoms with Crippen molar-refractivity contribution in [2.75, 3.05) is 11.9 Å². The third-order valence-electron chi connectivity index (χ3n) is 4.18. The Morgan fingerprint density at radius 1 is 1.25 bits per heavy atom. The zero-order valence-corrected chi connectivity index (χ0v) is 11.3. The van der Waals surface area contributed by atoms with Crippen LogP contribution in [0, 0.1) is 5.41 Å². The molecular formula is C16H18N2O2. The average molecular weight is 270 g/mol. The normalized spacial score (nSPS) is 16.6. The van der Waals surface area contributed by atoms with Gasteiger partial charge < -0.3 is 10.4 Å². The van der Waals surface area contributed by atoms with Gasteiger partial charge in [-0.25, -0.2) is 4.98 Å². The molecule has 1 heterocycles. The molecule has 20 heavy (non-hydrogen) atoms. The summed E-state index contributed by atoms with van der Waals surface area (Å²) in [5, 5.41) is 13.4. The van der Waals surface area contributed by atoms with Gasteiger partial charge in [0.25, 0.3) is 0 Å². The van der Waals surface area contributed by atoms with Crippen molar-refractivity contribution in [3.05, 3.63) is 36.4 Å². The molecule has 2 N–H and O–H groups in total. The number of carboxylic acid groups (broad SMARTS) is 1. The van der Waals surface area contributed by atoms with Crippen LogP contribution in [-0.4, -0.2) is 22.6 Å². The van der Waals surface area contributed by atoms with Crippen molar-refractivity contribution in [1.29, 1.82) is 0 Å². The zero-order valence-electron chi connectivity index (χ0n) is 11.3. The van der Waals surface area contributed by atoms with Crippen LogP contribution in [0.25, 0.3) is 10.9 Å². The molecule has 4 nitrogen and oxygen atoms in total. The largest absolute Gasteiger partial charge is 0.481 e. The predicted octanol–water partition coefficient (Wildman–Crippen LogP) is 3.29. The van der Waals surface area contributed by atoms with E-state index in [2.05, 4.69) is 10.3 Å². The van der Waals surface area contributed by atoms with Gasteiger partial charge in [0.1, 0.15) is 5.82 Å². The molecule has 2 aromatic rings. The summed E-state index contributed by atoms with van der Waals surface area (Å²) in [4.78, 5) is 15.5. The molecule has 0 aliphatic heterocycles. The Morgan fingerprint density at radius 2 is 2.05 bits per heavy atom. The first-order valence-corrected chi connectivity index (χ1v) is 6.98. The minimum atomic E-state index is -0.710. The van der Waals surface area contributed by atoms with E-state index in [1.165, 1.54) is 0 Å². The summed E-state index contributed by atoms with van der Waals surface area (Å²) in [5.41, 5.74) is 0.873. The van der Waals surface area contributed by atoms with Crippen LogP contribution in [0.15, 0.2) is 36.4 Å². The van der Waals surface area contributed by atoms with Crippen LogP contribution in [0.1, 0.15) is 25.7 Å². The molecule has 0 atom stereocenters. The van der Waals surface area contributed by atoms with Gasteiger partial charge in [-0.05, 0) is 36.5 Å². The molecule has 1 fully saturated rings. The molecule has 104 valence electrons. The number of anilines is 1. The molecule has 1 aliphatic carbocycles. The number of aliphatic carboxylic acids is 1. The summed E-state index contributed by atoms with van der Waals surface area (Å²) >= 11 is 0. The standard InChI is InChI=1S/C16H18N2O2/c19-15(20)10-16(8-3-9-16)11-17-14-7-6-12-4-1-2-5-13(12)18-14/h1-2,4-7H,3,8-11H2,(H,17,18)(H,19,20). The predicted molar refractivity (Wildman–Crippen MR) is 78.8 cm³/mol. The highest BCUT2D eigenvalue weighted by atomic mass is 16.4. The SMILES string of the molecule is O=C(O)CC1(CNc2ccc3ccccc3n2)CCC1. The Kier molecular flexibility index (Phi) is 3.30. The number of carboxylic acids is 1. The van der Waals surface area contributed by atoms with Gasteiger partial charge in [-0.3, -0.25) is 4.79 Å². The quantitative estimate of drug-likeness (QED) is 0.875. The lowest BCUT2D eigenvalue weighted by Crippen LogP contribution is -2.38. The molecule has 1 aromatic carbocycles. The molecule has 0 unspecified atom stereocenters. The summed E-state index contributed by atoms with van der Waals surface area (Å²) < 4.78 is 0. The number of fused-ring (bicyclic) bond motifs is 1. The van der Waals surface area contributed by atoms with Crippen LogP contribution < -0.4 is 5.32 Å². The number of nitrogens with zero attached hydrogens (tertiary/aromatic N) is 1. The molecule has 1 saturated carbocycles. The number of para-hydroxylation sites is 1. The second kappa shape index (κ2) is 5.12. The summed E-state index contributed by atoms with van der Waals surface area (Å²) in [6.07, 6.45) is 3.34. The van der Waals surface area contributed by atoms with E-state index in [9.17, 15) is 4.79 Å². The smallest absolute Gasteiger partial charge is 0.303 e. The lowest BCUT2D eigenvalue weighted by atomic mass is 9.66. The molecular weight excluding hydrogens is 252 g/mol. The molecule has 0 bridgehead atoms. The third kappa shape index (κ3) is 2.59. The number of hydrogen-bond donors (Lipinski definition) is 2. The van der Waals surface area contributed by atoms with E-state index < -0.39 is 5.97 Å². The fourth-order valence-electron chi connectivity index (χ4n) is 2.86. The maximum Gasteiger partial charge on any atom is 0.303 e. The number of aromatic nitrogens is 1. The van der Waals surface area contributed by atoms with Crippen LogP contribution in [0.2, 0.25) is 0 Å². The summed E-state index contributed by atoms with van der Waals surface area (Å²) in [6.45, 7) is 0.685. The van der Waals surface area contributed by atoms with Gasteiger partial charge in [0.15, 0.2) is 0 Å². The Balaban J connectivity index is 1.71. The molecule has 0 spiro atoms. The van der Waals surface area contributed by atoms with Crippen molar-refractivity contribution < 1.29 is 9.90 Å². The Morgan fingerprint density at radius 3 is 2.75 bits per heavy atom. The number of rotatable bonds is 5. The minimum absolute atomic E-state index is 0.0842. The number of pyridine rings is 1. The van der Waals surface area contributed by atoms with Crippen molar-refractivity contribution in [1.82, 2.24) is 4.98 Å². The monoisotopic (exact) mass is 270 g/mol. The first-order valence-electron chi connectivity index (χ1n) is 6.98. The van der Waals surface area contributed by atoms with E-state index in [1.807, 2.05) is 36.4 Å². The van der Waals surface area contributed by atoms with E-state index in [0.717, 1.165) is 36.0 Å². The Labute approximate surface area is 117 Å². The number of hydrogen-bond acceptors (Lipinski definition) is 3. The van der Waals surface area contributed by atoms with E-state index in [-0.39, 0.29) is 11.8 Å². The van der Waals surface area contributed by atoms with Crippen molar-refractivity contribution in [2.24, 2.45) is 5.41 Å². The molecule has 1 aliphatic rings. The first kappa shape index (κ1) is 12.9. The second-order valence-electron chi connectivity index (χ2n) is 5.67. The van der Waals surface area contributed by atoms with Crippen molar-refractivity contribution in [2.45, 2.75) is 25.7 Å². The molecule has 0 saturated heterocycles. The molecule has 0 radical (unpaired) electrons. The van der Waals surface area contributed by atoms with Gasteiger partial charge in [0, 0.05) is 11.9 Å². The summed E-state index contributed by atoms with van der Waals surface area (Å²) in [5.74, 6) is 0.110. The molecule has 4 heteroatoms. The summed E-state index contributed by atoms with van der Waals surface area (Å²) in [6, 6.07) is 12.0. The molecule has 0 amide bonds. The zero-order chi connectivity index (χ0) is 14.0. The van der Waals surface area contributed by atoms with Gasteiger partial charge in [0.05, 0.1) is 11.9 Å². The number of carbonyl (C=O) groups is 1. The van der Waals surface area contributed by atoms with E-state index >= 15 is 0 Å². The van der Waals surface area contributed by atoms with Gasteiger partial charge >= 0.3 is 5.97 Å². The van der Waals surface area contributed by atoms with Crippen molar-refractivity contribution in [3.63, 3.8) is 0 Å². The second-order valence-corrected chi connectivity index (χ2v) is 5.67. The van der Waals surface area contributed by atoms with Crippen LogP contribution >= 0.6 is 0 Å². The van der Waals surface area contributed by atoms with Crippen LogP contribution in [0.4, 0.5) is 5.82 Å². The highest BCUT2D eigenvalue weighted by molar-refractivity contribution is 5.80. The highest BCUT2D eigenvalue weighted by Crippen LogP contribution is 2.43. The van der Waals surface area contributed by atoms with Gasteiger partial charge in [-0.1, -0.05) is 24.6 Å². The number of nitrogens with one attached hydrogen (secondary N) is 1. The topological polar surface area (TPSA) is 62.2 Å². The van der Waals surface area contributed by atoms with Crippen LogP contribution in [0.3, 0.4) is 0 Å². The van der Waals surface area contributed by atoms with Gasteiger partial charge in [-0.2, -0.15) is 0 Å². The van der Waals surface area contributed by atoms with Crippen molar-refractivity contribution in [3.8, 4) is 0 Å². The van der Waals surface area contributed by atoms with Crippen LogP contribution in [0.5, 0.6) is 0 Å². The van der Waals surface area contributed by atoms with E-state index in [1.54, 1.807) is 0 Å². The third-order valence-corrected chi connectivity index (χ3v) is 4.18. The Bertz CT molecular complexity index is 635. The number of benzene rings is 1. The maximum absolute atomic E-state index is 11.0. The highest BCUT2D eigenvalue weighted by Gasteiger charge is 2.38. The first-order chi connectivity index (χ1) is 9.67. The lowest BCUT2D eigenvalue weighted by Gasteiger charge is -2.41. The van der Waals surface area contributed by atoms with Crippen LogP contribution in [-0.2, 0) is 4.79 Å². The fourth-order valence-corrected chi connectivity index (χ4v) is 2.86. The Hall–Kier alpha value is -2.10. The van der Waals surface area contributed by atoms with E-state index in [4.69, 9.17) is 5.11 Å².